The second kappa shape index (κ2) is 4.11. The lowest BCUT2D eigenvalue weighted by molar-refractivity contribution is 0.621. The standard InChI is InChI=1S/C12H7BrF2/c13-11-7-9(3-6-12(11)15)8-1-4-10(14)5-2-8/h1-7H. The first kappa shape index (κ1) is 10.3. The van der Waals surface area contributed by atoms with E-state index in [1.807, 2.05) is 0 Å². The van der Waals surface area contributed by atoms with Gasteiger partial charge >= 0.3 is 0 Å². The molecule has 2 aromatic carbocycles. The van der Waals surface area contributed by atoms with Crippen molar-refractivity contribution in [1.82, 2.24) is 0 Å². The fourth-order valence-corrected chi connectivity index (χ4v) is 1.70. The molecule has 0 fully saturated rings. The first-order valence-electron chi connectivity index (χ1n) is 4.38. The molecule has 0 aliphatic carbocycles. The maximum atomic E-state index is 13.0. The normalized spacial score (nSPS) is 10.3. The Morgan fingerprint density at radius 3 is 2.00 bits per heavy atom. The van der Waals surface area contributed by atoms with Gasteiger partial charge in [0, 0.05) is 0 Å². The van der Waals surface area contributed by atoms with Crippen LogP contribution >= 0.6 is 15.9 Å². The molecule has 0 aliphatic rings. The third kappa shape index (κ3) is 2.23. The zero-order valence-corrected chi connectivity index (χ0v) is 9.26. The summed E-state index contributed by atoms with van der Waals surface area (Å²) in [5.41, 5.74) is 1.71. The fourth-order valence-electron chi connectivity index (χ4n) is 1.32. The van der Waals surface area contributed by atoms with Crippen molar-refractivity contribution in [1.29, 1.82) is 0 Å². The van der Waals surface area contributed by atoms with Gasteiger partial charge in [-0.3, -0.25) is 0 Å². The molecule has 0 radical (unpaired) electrons. The van der Waals surface area contributed by atoms with Crippen LogP contribution in [0, 0.1) is 11.6 Å². The highest BCUT2D eigenvalue weighted by Crippen LogP contribution is 2.25. The van der Waals surface area contributed by atoms with E-state index < -0.39 is 0 Å². The van der Waals surface area contributed by atoms with E-state index in [0.717, 1.165) is 11.1 Å². The van der Waals surface area contributed by atoms with Crippen LogP contribution in [-0.4, -0.2) is 0 Å². The van der Waals surface area contributed by atoms with E-state index in [1.54, 1.807) is 24.3 Å². The summed E-state index contributed by atoms with van der Waals surface area (Å²) in [7, 11) is 0. The summed E-state index contributed by atoms with van der Waals surface area (Å²) < 4.78 is 26.1. The van der Waals surface area contributed by atoms with Gasteiger partial charge in [-0.15, -0.1) is 0 Å². The molecule has 0 saturated heterocycles. The van der Waals surface area contributed by atoms with E-state index in [9.17, 15) is 8.78 Å². The number of benzene rings is 2. The molecule has 0 aliphatic heterocycles. The lowest BCUT2D eigenvalue weighted by Crippen LogP contribution is -1.82. The third-order valence-electron chi connectivity index (χ3n) is 2.10. The lowest BCUT2D eigenvalue weighted by atomic mass is 10.1. The molecule has 0 N–H and O–H groups in total. The van der Waals surface area contributed by atoms with Gasteiger partial charge in [-0.1, -0.05) is 18.2 Å². The van der Waals surface area contributed by atoms with Crippen molar-refractivity contribution in [3.63, 3.8) is 0 Å². The predicted molar refractivity (Wildman–Crippen MR) is 59.5 cm³/mol. The monoisotopic (exact) mass is 268 g/mol. The molecule has 0 bridgehead atoms. The van der Waals surface area contributed by atoms with E-state index in [-0.39, 0.29) is 11.6 Å². The van der Waals surface area contributed by atoms with Crippen molar-refractivity contribution < 1.29 is 8.78 Å². The summed E-state index contributed by atoms with van der Waals surface area (Å²) >= 11 is 3.11. The molecular formula is C12H7BrF2. The fraction of sp³-hybridized carbons (Fsp3) is 0. The maximum absolute atomic E-state index is 13.0. The van der Waals surface area contributed by atoms with E-state index in [2.05, 4.69) is 15.9 Å². The molecule has 3 heteroatoms. The van der Waals surface area contributed by atoms with Gasteiger partial charge < -0.3 is 0 Å². The van der Waals surface area contributed by atoms with Gasteiger partial charge in [0.2, 0.25) is 0 Å². The highest BCUT2D eigenvalue weighted by molar-refractivity contribution is 9.10. The zero-order valence-electron chi connectivity index (χ0n) is 7.68. The van der Waals surface area contributed by atoms with Crippen LogP contribution in [0.4, 0.5) is 8.78 Å². The number of hydrogen-bond donors (Lipinski definition) is 0. The Balaban J connectivity index is 2.45. The Kier molecular flexibility index (Phi) is 2.82. The predicted octanol–water partition coefficient (Wildman–Crippen LogP) is 4.39. The minimum absolute atomic E-state index is 0.278. The molecule has 0 spiro atoms. The molecule has 15 heavy (non-hydrogen) atoms. The summed E-state index contributed by atoms with van der Waals surface area (Å²) in [6, 6.07) is 10.8. The molecule has 0 nitrogen and oxygen atoms in total. The smallest absolute Gasteiger partial charge is 0.137 e. The molecule has 0 unspecified atom stereocenters. The summed E-state index contributed by atoms with van der Waals surface area (Å²) in [6.45, 7) is 0. The SMILES string of the molecule is Fc1ccc(-c2ccc(F)c(Br)c2)cc1. The first-order valence-corrected chi connectivity index (χ1v) is 5.17. The Hall–Kier alpha value is -1.22. The minimum atomic E-state index is -0.305. The van der Waals surface area contributed by atoms with E-state index >= 15 is 0 Å². The molecule has 2 rings (SSSR count). The van der Waals surface area contributed by atoms with Gasteiger partial charge in [0.15, 0.2) is 0 Å². The number of halogens is 3. The molecule has 0 saturated carbocycles. The van der Waals surface area contributed by atoms with E-state index in [1.165, 1.54) is 18.2 Å². The second-order valence-corrected chi connectivity index (χ2v) is 3.99. The summed E-state index contributed by atoms with van der Waals surface area (Å²) in [4.78, 5) is 0. The highest BCUT2D eigenvalue weighted by Gasteiger charge is 2.02. The Labute approximate surface area is 94.7 Å². The summed E-state index contributed by atoms with van der Waals surface area (Å²) in [5.74, 6) is -0.583. The molecular weight excluding hydrogens is 262 g/mol. The van der Waals surface area contributed by atoms with Crippen molar-refractivity contribution in [3.8, 4) is 11.1 Å². The Morgan fingerprint density at radius 1 is 0.800 bits per heavy atom. The summed E-state index contributed by atoms with van der Waals surface area (Å²) in [5, 5.41) is 0. The summed E-state index contributed by atoms with van der Waals surface area (Å²) in [6.07, 6.45) is 0. The highest BCUT2D eigenvalue weighted by atomic mass is 79.9. The Bertz CT molecular complexity index is 477. The van der Waals surface area contributed by atoms with Crippen molar-refractivity contribution >= 4 is 15.9 Å². The molecule has 0 amide bonds. The topological polar surface area (TPSA) is 0 Å². The van der Waals surface area contributed by atoms with Crippen LogP contribution in [0.2, 0.25) is 0 Å². The molecule has 0 heterocycles. The third-order valence-corrected chi connectivity index (χ3v) is 2.70. The molecule has 0 aromatic heterocycles. The van der Waals surface area contributed by atoms with Crippen LogP contribution in [0.1, 0.15) is 0 Å². The number of rotatable bonds is 1. The van der Waals surface area contributed by atoms with Gasteiger partial charge in [0.25, 0.3) is 0 Å². The van der Waals surface area contributed by atoms with Gasteiger partial charge in [0.05, 0.1) is 4.47 Å². The second-order valence-electron chi connectivity index (χ2n) is 3.14. The van der Waals surface area contributed by atoms with Crippen molar-refractivity contribution in [2.45, 2.75) is 0 Å². The van der Waals surface area contributed by atoms with Crippen LogP contribution in [0.5, 0.6) is 0 Å². The number of hydrogen-bond acceptors (Lipinski definition) is 0. The van der Waals surface area contributed by atoms with Crippen LogP contribution in [0.15, 0.2) is 46.9 Å². The van der Waals surface area contributed by atoms with Gasteiger partial charge in [-0.25, -0.2) is 8.78 Å². The zero-order chi connectivity index (χ0) is 10.8. The average molecular weight is 269 g/mol. The largest absolute Gasteiger partial charge is 0.207 e. The van der Waals surface area contributed by atoms with Crippen LogP contribution in [0.3, 0.4) is 0 Å². The molecule has 76 valence electrons. The lowest BCUT2D eigenvalue weighted by Gasteiger charge is -2.02. The minimum Gasteiger partial charge on any atom is -0.207 e. The van der Waals surface area contributed by atoms with Crippen molar-refractivity contribution in [3.05, 3.63) is 58.6 Å². The van der Waals surface area contributed by atoms with E-state index in [4.69, 9.17) is 0 Å². The Morgan fingerprint density at radius 2 is 1.40 bits per heavy atom. The maximum Gasteiger partial charge on any atom is 0.137 e. The van der Waals surface area contributed by atoms with Gasteiger partial charge in [-0.2, -0.15) is 0 Å². The quantitative estimate of drug-likeness (QED) is 0.720. The van der Waals surface area contributed by atoms with Crippen molar-refractivity contribution in [2.75, 3.05) is 0 Å². The van der Waals surface area contributed by atoms with E-state index in [0.29, 0.717) is 4.47 Å². The van der Waals surface area contributed by atoms with Crippen LogP contribution in [0.25, 0.3) is 11.1 Å². The van der Waals surface area contributed by atoms with Crippen LogP contribution < -0.4 is 0 Å². The van der Waals surface area contributed by atoms with Crippen molar-refractivity contribution in [2.24, 2.45) is 0 Å². The van der Waals surface area contributed by atoms with Crippen LogP contribution in [-0.2, 0) is 0 Å². The first-order chi connectivity index (χ1) is 7.16. The molecule has 0 atom stereocenters. The van der Waals surface area contributed by atoms with Gasteiger partial charge in [-0.05, 0) is 51.3 Å². The van der Waals surface area contributed by atoms with Gasteiger partial charge in [0.1, 0.15) is 11.6 Å². The average Bonchev–Trinajstić information content (AvgIpc) is 2.23. The molecule has 2 aromatic rings.